The molecule has 0 aliphatic heterocycles. The lowest BCUT2D eigenvalue weighted by Crippen LogP contribution is -2.05. The van der Waals surface area contributed by atoms with Crippen LogP contribution in [0.25, 0.3) is 10.6 Å². The first-order valence-corrected chi connectivity index (χ1v) is 8.36. The highest BCUT2D eigenvalue weighted by Crippen LogP contribution is 2.30. The molecule has 0 bridgehead atoms. The lowest BCUT2D eigenvalue weighted by Gasteiger charge is -2.01. The summed E-state index contributed by atoms with van der Waals surface area (Å²) in [5, 5.41) is 3.21. The summed E-state index contributed by atoms with van der Waals surface area (Å²) >= 11 is 7.59. The van der Waals surface area contributed by atoms with E-state index >= 15 is 0 Å². The molecule has 3 aromatic rings. The second kappa shape index (κ2) is 6.98. The first-order valence-electron chi connectivity index (χ1n) is 7.10. The topological polar surface area (TPSA) is 72.0 Å². The van der Waals surface area contributed by atoms with Gasteiger partial charge in [-0.15, -0.1) is 11.3 Å². The van der Waals surface area contributed by atoms with E-state index in [0.29, 0.717) is 16.3 Å². The molecule has 24 heavy (non-hydrogen) atoms. The molecule has 7 heteroatoms. The Balaban J connectivity index is 1.66. The van der Waals surface area contributed by atoms with Crippen LogP contribution in [-0.2, 0) is 11.3 Å². The van der Waals surface area contributed by atoms with E-state index in [2.05, 4.69) is 9.97 Å². The first kappa shape index (κ1) is 16.4. The van der Waals surface area contributed by atoms with E-state index in [1.807, 2.05) is 23.6 Å². The molecule has 1 N–H and O–H groups in total. The summed E-state index contributed by atoms with van der Waals surface area (Å²) in [6.07, 6.45) is 1.48. The van der Waals surface area contributed by atoms with Crippen LogP contribution in [0.5, 0.6) is 0 Å². The van der Waals surface area contributed by atoms with Crippen LogP contribution >= 0.6 is 22.9 Å². The zero-order valence-electron chi connectivity index (χ0n) is 12.7. The molecule has 0 amide bonds. The Morgan fingerprint density at radius 2 is 2.12 bits per heavy atom. The third kappa shape index (κ3) is 3.55. The maximum absolute atomic E-state index is 12.0. The number of benzene rings is 1. The average Bonchev–Trinajstić information content (AvgIpc) is 3.22. The molecule has 2 aromatic heterocycles. The number of nitrogens with one attached hydrogen (secondary N) is 1. The van der Waals surface area contributed by atoms with Gasteiger partial charge in [-0.3, -0.25) is 4.79 Å². The average molecular weight is 361 g/mol. The van der Waals surface area contributed by atoms with Crippen molar-refractivity contribution in [1.82, 2.24) is 9.97 Å². The third-order valence-corrected chi connectivity index (χ3v) is 4.57. The van der Waals surface area contributed by atoms with Crippen molar-refractivity contribution < 1.29 is 14.3 Å². The number of ether oxygens (including phenoxy) is 1. The van der Waals surface area contributed by atoms with Crippen molar-refractivity contribution >= 4 is 34.7 Å². The van der Waals surface area contributed by atoms with Crippen molar-refractivity contribution in [2.75, 3.05) is 0 Å². The molecule has 0 aliphatic rings. The Morgan fingerprint density at radius 1 is 1.33 bits per heavy atom. The number of ketones is 1. The predicted octanol–water partition coefficient (Wildman–Crippen LogP) is 4.35. The van der Waals surface area contributed by atoms with E-state index in [-0.39, 0.29) is 18.1 Å². The van der Waals surface area contributed by atoms with Gasteiger partial charge in [-0.05, 0) is 19.1 Å². The molecule has 0 fully saturated rings. The smallest absolute Gasteiger partial charge is 0.355 e. The van der Waals surface area contributed by atoms with Gasteiger partial charge in [0, 0.05) is 22.7 Å². The number of halogens is 1. The number of esters is 1. The van der Waals surface area contributed by atoms with Gasteiger partial charge in [-0.25, -0.2) is 9.78 Å². The first-order chi connectivity index (χ1) is 11.5. The van der Waals surface area contributed by atoms with Gasteiger partial charge in [0.25, 0.3) is 0 Å². The number of thiazole rings is 1. The van der Waals surface area contributed by atoms with Gasteiger partial charge in [-0.2, -0.15) is 0 Å². The van der Waals surface area contributed by atoms with Crippen LogP contribution in [0.1, 0.15) is 33.5 Å². The second-order valence-corrected chi connectivity index (χ2v) is 6.32. The van der Waals surface area contributed by atoms with E-state index in [9.17, 15) is 9.59 Å². The van der Waals surface area contributed by atoms with E-state index in [4.69, 9.17) is 16.3 Å². The van der Waals surface area contributed by atoms with E-state index < -0.39 is 5.97 Å². The Labute approximate surface area is 147 Å². The molecule has 5 nitrogen and oxygen atoms in total. The zero-order valence-corrected chi connectivity index (χ0v) is 14.3. The number of carbonyl (C=O) groups excluding carboxylic acids is 2. The lowest BCUT2D eigenvalue weighted by molar-refractivity contribution is 0.0462. The van der Waals surface area contributed by atoms with Crippen LogP contribution in [0.2, 0.25) is 5.02 Å². The normalized spacial score (nSPS) is 10.6. The summed E-state index contributed by atoms with van der Waals surface area (Å²) in [6, 6.07) is 8.91. The van der Waals surface area contributed by atoms with Gasteiger partial charge in [0.05, 0.1) is 10.7 Å². The highest BCUT2D eigenvalue weighted by molar-refractivity contribution is 7.13. The number of H-pyrrole nitrogens is 1. The molecule has 122 valence electrons. The number of aromatic nitrogens is 2. The Hall–Kier alpha value is -2.44. The number of nitrogens with zero attached hydrogens (tertiary/aromatic N) is 1. The van der Waals surface area contributed by atoms with E-state index in [0.717, 1.165) is 10.6 Å². The van der Waals surface area contributed by atoms with Crippen LogP contribution < -0.4 is 0 Å². The fourth-order valence-corrected chi connectivity index (χ4v) is 3.19. The summed E-state index contributed by atoms with van der Waals surface area (Å²) in [4.78, 5) is 30.4. The van der Waals surface area contributed by atoms with Gasteiger partial charge >= 0.3 is 5.97 Å². The van der Waals surface area contributed by atoms with Crippen molar-refractivity contribution in [3.63, 3.8) is 0 Å². The second-order valence-electron chi connectivity index (χ2n) is 5.06. The molecule has 0 saturated carbocycles. The molecule has 0 unspecified atom stereocenters. The molecule has 0 saturated heterocycles. The van der Waals surface area contributed by atoms with Crippen molar-refractivity contribution in [3.8, 4) is 10.6 Å². The van der Waals surface area contributed by atoms with Crippen LogP contribution in [0.15, 0.2) is 41.9 Å². The molecule has 0 radical (unpaired) electrons. The minimum Gasteiger partial charge on any atom is -0.454 e. The maximum Gasteiger partial charge on any atom is 0.355 e. The molecule has 0 aliphatic carbocycles. The summed E-state index contributed by atoms with van der Waals surface area (Å²) in [6.45, 7) is 1.48. The standard InChI is InChI=1S/C17H13ClN2O3S/c1-10(21)11-6-15(19-7-11)17(22)23-8-12-9-24-16(20-12)13-4-2-3-5-14(13)18/h2-7,9,19H,8H2,1H3. The van der Waals surface area contributed by atoms with Crippen LogP contribution in [0, 0.1) is 0 Å². The Kier molecular flexibility index (Phi) is 4.78. The van der Waals surface area contributed by atoms with Gasteiger partial charge in [0.1, 0.15) is 17.3 Å². The lowest BCUT2D eigenvalue weighted by atomic mass is 10.2. The van der Waals surface area contributed by atoms with Crippen LogP contribution in [0.4, 0.5) is 0 Å². The molecule has 3 rings (SSSR count). The Morgan fingerprint density at radius 3 is 2.83 bits per heavy atom. The van der Waals surface area contributed by atoms with Crippen LogP contribution in [0.3, 0.4) is 0 Å². The van der Waals surface area contributed by atoms with Crippen molar-refractivity contribution in [2.45, 2.75) is 13.5 Å². The Bertz CT molecular complexity index is 901. The molecule has 0 atom stereocenters. The highest BCUT2D eigenvalue weighted by atomic mass is 35.5. The van der Waals surface area contributed by atoms with Gasteiger partial charge in [-0.1, -0.05) is 29.8 Å². The van der Waals surface area contributed by atoms with Gasteiger partial charge in [0.15, 0.2) is 5.78 Å². The monoisotopic (exact) mass is 360 g/mol. The van der Waals surface area contributed by atoms with Crippen molar-refractivity contribution in [3.05, 3.63) is 63.9 Å². The molecule has 2 heterocycles. The van der Waals surface area contributed by atoms with Gasteiger partial charge < -0.3 is 9.72 Å². The molecule has 0 spiro atoms. The van der Waals surface area contributed by atoms with Crippen molar-refractivity contribution in [1.29, 1.82) is 0 Å². The van der Waals surface area contributed by atoms with Crippen molar-refractivity contribution in [2.24, 2.45) is 0 Å². The summed E-state index contributed by atoms with van der Waals surface area (Å²) in [5.41, 5.74) is 2.16. The minimum absolute atomic E-state index is 0.0498. The largest absolute Gasteiger partial charge is 0.454 e. The molecular weight excluding hydrogens is 348 g/mol. The van der Waals surface area contributed by atoms with E-state index in [1.54, 1.807) is 6.07 Å². The van der Waals surface area contributed by atoms with E-state index in [1.165, 1.54) is 30.5 Å². The highest BCUT2D eigenvalue weighted by Gasteiger charge is 2.14. The number of hydrogen-bond donors (Lipinski definition) is 1. The SMILES string of the molecule is CC(=O)c1c[nH]c(C(=O)OCc2csc(-c3ccccc3Cl)n2)c1. The predicted molar refractivity (Wildman–Crippen MR) is 92.5 cm³/mol. The fourth-order valence-electron chi connectivity index (χ4n) is 2.06. The summed E-state index contributed by atoms with van der Waals surface area (Å²) in [7, 11) is 0. The number of aromatic amines is 1. The summed E-state index contributed by atoms with van der Waals surface area (Å²) < 4.78 is 5.22. The molecule has 1 aromatic carbocycles. The van der Waals surface area contributed by atoms with Crippen LogP contribution in [-0.4, -0.2) is 21.7 Å². The minimum atomic E-state index is -0.533. The molecular formula is C17H13ClN2O3S. The third-order valence-electron chi connectivity index (χ3n) is 3.32. The van der Waals surface area contributed by atoms with Gasteiger partial charge in [0.2, 0.25) is 0 Å². The quantitative estimate of drug-likeness (QED) is 0.542. The number of carbonyl (C=O) groups is 2. The zero-order chi connectivity index (χ0) is 17.1. The number of hydrogen-bond acceptors (Lipinski definition) is 5. The maximum atomic E-state index is 12.0. The summed E-state index contributed by atoms with van der Waals surface area (Å²) in [5.74, 6) is -0.649. The number of rotatable bonds is 5. The number of Topliss-reactive ketones (excluding diaryl/α,β-unsaturated/α-hetero) is 1. The fraction of sp³-hybridized carbons (Fsp3) is 0.118.